The quantitative estimate of drug-likeness (QED) is 0.444. The van der Waals surface area contributed by atoms with Crippen LogP contribution in [0.5, 0.6) is 0 Å². The zero-order valence-electron chi connectivity index (χ0n) is 8.63. The lowest BCUT2D eigenvalue weighted by molar-refractivity contribution is 0.213. The second kappa shape index (κ2) is 7.10. The Labute approximate surface area is 75.4 Å². The number of oxime groups is 1. The van der Waals surface area contributed by atoms with Crippen molar-refractivity contribution in [3.05, 3.63) is 0 Å². The third kappa shape index (κ3) is 7.54. The first kappa shape index (κ1) is 11.4. The van der Waals surface area contributed by atoms with Crippen LogP contribution in [-0.4, -0.2) is 37.9 Å². The van der Waals surface area contributed by atoms with Gasteiger partial charge < -0.3 is 9.74 Å². The van der Waals surface area contributed by atoms with Crippen molar-refractivity contribution in [2.24, 2.45) is 5.16 Å². The molecule has 0 unspecified atom stereocenters. The van der Waals surface area contributed by atoms with Gasteiger partial charge in [0.2, 0.25) is 0 Å². The van der Waals surface area contributed by atoms with Crippen LogP contribution in [-0.2, 0) is 4.84 Å². The molecule has 1 fully saturated rings. The van der Waals surface area contributed by atoms with Crippen molar-refractivity contribution in [3.8, 4) is 0 Å². The van der Waals surface area contributed by atoms with Crippen molar-refractivity contribution >= 4 is 5.71 Å². The van der Waals surface area contributed by atoms with Crippen LogP contribution >= 0.6 is 0 Å². The summed E-state index contributed by atoms with van der Waals surface area (Å²) in [5, 5.41) is 3.54. The third-order valence-corrected chi connectivity index (χ3v) is 1.60. The molecular weight excluding hydrogens is 152 g/mol. The van der Waals surface area contributed by atoms with E-state index in [4.69, 9.17) is 0 Å². The van der Waals surface area contributed by atoms with Crippen molar-refractivity contribution < 1.29 is 4.84 Å². The average molecular weight is 172 g/mol. The number of hydrogen-bond donors (Lipinski definition) is 0. The zero-order chi connectivity index (χ0) is 9.40. The summed E-state index contributed by atoms with van der Waals surface area (Å²) in [6.45, 7) is 6.40. The van der Waals surface area contributed by atoms with E-state index in [0.29, 0.717) is 0 Å². The molecule has 3 heteroatoms. The molecular formula is C9H20N2O. The van der Waals surface area contributed by atoms with Gasteiger partial charge in [-0.05, 0) is 46.8 Å². The van der Waals surface area contributed by atoms with Gasteiger partial charge in [0, 0.05) is 0 Å². The molecule has 0 aromatic carbocycles. The van der Waals surface area contributed by atoms with E-state index >= 15 is 0 Å². The van der Waals surface area contributed by atoms with E-state index in [1.807, 2.05) is 13.8 Å². The predicted molar refractivity (Wildman–Crippen MR) is 52.5 cm³/mol. The summed E-state index contributed by atoms with van der Waals surface area (Å²) in [7, 11) is 3.71. The molecule has 1 aliphatic heterocycles. The summed E-state index contributed by atoms with van der Waals surface area (Å²) in [6.07, 6.45) is 2.83. The SMILES string of the molecule is CN1CCCC1.CON=C(C)C. The van der Waals surface area contributed by atoms with Crippen LogP contribution in [0, 0.1) is 0 Å². The molecule has 1 saturated heterocycles. The maximum Gasteiger partial charge on any atom is 0.106 e. The predicted octanol–water partition coefficient (Wildman–Crippen LogP) is 1.74. The molecule has 0 saturated carbocycles. The molecule has 1 heterocycles. The Morgan fingerprint density at radius 1 is 1.25 bits per heavy atom. The number of rotatable bonds is 1. The lowest BCUT2D eigenvalue weighted by Crippen LogP contribution is -2.10. The van der Waals surface area contributed by atoms with E-state index < -0.39 is 0 Å². The first-order valence-electron chi connectivity index (χ1n) is 4.39. The summed E-state index contributed by atoms with van der Waals surface area (Å²) < 4.78 is 0. The minimum Gasteiger partial charge on any atom is -0.399 e. The van der Waals surface area contributed by atoms with E-state index in [2.05, 4.69) is 21.9 Å². The first-order chi connectivity index (χ1) is 5.66. The van der Waals surface area contributed by atoms with Crippen LogP contribution < -0.4 is 0 Å². The fourth-order valence-corrected chi connectivity index (χ4v) is 1.06. The van der Waals surface area contributed by atoms with Crippen molar-refractivity contribution in [1.82, 2.24) is 4.90 Å². The minimum absolute atomic E-state index is 0.942. The Morgan fingerprint density at radius 2 is 1.75 bits per heavy atom. The molecule has 0 aliphatic carbocycles. The van der Waals surface area contributed by atoms with E-state index in [1.54, 1.807) is 0 Å². The molecule has 12 heavy (non-hydrogen) atoms. The molecule has 1 rings (SSSR count). The normalized spacial score (nSPS) is 16.3. The van der Waals surface area contributed by atoms with E-state index in [-0.39, 0.29) is 0 Å². The van der Waals surface area contributed by atoms with Crippen LogP contribution in [0.15, 0.2) is 5.16 Å². The summed E-state index contributed by atoms with van der Waals surface area (Å²) in [5.41, 5.74) is 0.942. The smallest absolute Gasteiger partial charge is 0.106 e. The van der Waals surface area contributed by atoms with E-state index in [1.165, 1.54) is 33.0 Å². The van der Waals surface area contributed by atoms with Gasteiger partial charge in [0.15, 0.2) is 0 Å². The second-order valence-electron chi connectivity index (χ2n) is 3.23. The van der Waals surface area contributed by atoms with E-state index in [9.17, 15) is 0 Å². The lowest BCUT2D eigenvalue weighted by atomic mass is 10.4. The largest absolute Gasteiger partial charge is 0.399 e. The maximum atomic E-state index is 4.39. The Bertz CT molecular complexity index is 124. The Morgan fingerprint density at radius 3 is 1.83 bits per heavy atom. The first-order valence-corrected chi connectivity index (χ1v) is 4.39. The third-order valence-electron chi connectivity index (χ3n) is 1.60. The lowest BCUT2D eigenvalue weighted by Gasteiger charge is -2.01. The van der Waals surface area contributed by atoms with Crippen molar-refractivity contribution in [2.75, 3.05) is 27.2 Å². The zero-order valence-corrected chi connectivity index (χ0v) is 8.63. The number of hydrogen-bond acceptors (Lipinski definition) is 3. The van der Waals surface area contributed by atoms with Gasteiger partial charge >= 0.3 is 0 Å². The molecule has 0 N–H and O–H groups in total. The van der Waals surface area contributed by atoms with Gasteiger partial charge in [-0.1, -0.05) is 5.16 Å². The van der Waals surface area contributed by atoms with Gasteiger partial charge in [-0.15, -0.1) is 0 Å². The summed E-state index contributed by atoms with van der Waals surface area (Å²) >= 11 is 0. The van der Waals surface area contributed by atoms with Gasteiger partial charge in [0.25, 0.3) is 0 Å². The fraction of sp³-hybridized carbons (Fsp3) is 0.889. The number of nitrogens with zero attached hydrogens (tertiary/aromatic N) is 2. The van der Waals surface area contributed by atoms with Gasteiger partial charge in [-0.25, -0.2) is 0 Å². The highest BCUT2D eigenvalue weighted by atomic mass is 16.6. The summed E-state index contributed by atoms with van der Waals surface area (Å²) in [5.74, 6) is 0. The highest BCUT2D eigenvalue weighted by molar-refractivity contribution is 5.78. The van der Waals surface area contributed by atoms with Crippen LogP contribution in [0.25, 0.3) is 0 Å². The van der Waals surface area contributed by atoms with Gasteiger partial charge in [-0.3, -0.25) is 0 Å². The monoisotopic (exact) mass is 172 g/mol. The fourth-order valence-electron chi connectivity index (χ4n) is 1.06. The van der Waals surface area contributed by atoms with Crippen molar-refractivity contribution in [1.29, 1.82) is 0 Å². The van der Waals surface area contributed by atoms with Gasteiger partial charge in [-0.2, -0.15) is 0 Å². The minimum atomic E-state index is 0.942. The Hall–Kier alpha value is -0.570. The van der Waals surface area contributed by atoms with Crippen LogP contribution in [0.4, 0.5) is 0 Å². The molecule has 0 atom stereocenters. The maximum absolute atomic E-state index is 4.39. The molecule has 0 aromatic heterocycles. The number of likely N-dealkylation sites (tertiary alicyclic amines) is 1. The van der Waals surface area contributed by atoms with Crippen LogP contribution in [0.3, 0.4) is 0 Å². The van der Waals surface area contributed by atoms with Gasteiger partial charge in [0.1, 0.15) is 7.11 Å². The molecule has 0 radical (unpaired) electrons. The Kier molecular flexibility index (Phi) is 6.76. The molecule has 0 spiro atoms. The molecule has 0 amide bonds. The topological polar surface area (TPSA) is 24.8 Å². The van der Waals surface area contributed by atoms with E-state index in [0.717, 1.165) is 5.71 Å². The van der Waals surface area contributed by atoms with Crippen molar-refractivity contribution in [3.63, 3.8) is 0 Å². The summed E-state index contributed by atoms with van der Waals surface area (Å²) in [4.78, 5) is 6.75. The van der Waals surface area contributed by atoms with Crippen molar-refractivity contribution in [2.45, 2.75) is 26.7 Å². The highest BCUT2D eigenvalue weighted by Gasteiger charge is 2.03. The second-order valence-corrected chi connectivity index (χ2v) is 3.23. The standard InChI is InChI=1S/C5H11N.C4H9NO/c1-6-4-2-3-5-6;1-4(2)5-6-3/h2-5H2,1H3;1-3H3. The molecule has 0 bridgehead atoms. The summed E-state index contributed by atoms with van der Waals surface area (Å²) in [6, 6.07) is 0. The van der Waals surface area contributed by atoms with Crippen LogP contribution in [0.2, 0.25) is 0 Å². The Balaban J connectivity index is 0.000000202. The molecule has 3 nitrogen and oxygen atoms in total. The average Bonchev–Trinajstić information content (AvgIpc) is 2.40. The molecule has 0 aromatic rings. The highest BCUT2D eigenvalue weighted by Crippen LogP contribution is 2.02. The van der Waals surface area contributed by atoms with Gasteiger partial charge in [0.05, 0.1) is 5.71 Å². The van der Waals surface area contributed by atoms with Crippen LogP contribution in [0.1, 0.15) is 26.7 Å². The molecule has 72 valence electrons. The molecule has 1 aliphatic rings.